The number of rotatable bonds is 8. The number of hydrogen-bond acceptors (Lipinski definition) is 9. The van der Waals surface area contributed by atoms with Crippen molar-refractivity contribution >= 4 is 49.1 Å². The van der Waals surface area contributed by atoms with Crippen molar-refractivity contribution in [2.24, 2.45) is 5.41 Å². The third kappa shape index (κ3) is 5.61. The third-order valence-electron chi connectivity index (χ3n) is 7.95. The summed E-state index contributed by atoms with van der Waals surface area (Å²) >= 11 is 0. The first-order chi connectivity index (χ1) is 18.7. The van der Waals surface area contributed by atoms with E-state index in [9.17, 15) is 21.6 Å². The van der Waals surface area contributed by atoms with Gasteiger partial charge in [0.25, 0.3) is 5.91 Å². The maximum Gasteiger partial charge on any atom is 0.260 e. The number of fused-ring (bicyclic) bond motifs is 1. The molecule has 12 nitrogen and oxygen atoms in total. The van der Waals surface area contributed by atoms with Crippen molar-refractivity contribution in [1.82, 2.24) is 9.97 Å². The van der Waals surface area contributed by atoms with Crippen molar-refractivity contribution in [2.75, 3.05) is 51.2 Å². The van der Waals surface area contributed by atoms with Crippen LogP contribution in [0.25, 0.3) is 0 Å². The van der Waals surface area contributed by atoms with Crippen LogP contribution in [0.1, 0.15) is 62.4 Å². The molecule has 1 saturated heterocycles. The number of aromatic nitrogens is 2. The summed E-state index contributed by atoms with van der Waals surface area (Å²) in [6.07, 6.45) is 6.45. The molecule has 0 bridgehead atoms. The molecule has 2 aliphatic heterocycles. The molecule has 3 aliphatic rings. The van der Waals surface area contributed by atoms with Gasteiger partial charge in [-0.1, -0.05) is 0 Å². The van der Waals surface area contributed by atoms with E-state index in [-0.39, 0.29) is 18.3 Å². The lowest BCUT2D eigenvalue weighted by Gasteiger charge is -2.35. The summed E-state index contributed by atoms with van der Waals surface area (Å²) in [5.74, 6) is -0.683. The van der Waals surface area contributed by atoms with Crippen molar-refractivity contribution in [3.05, 3.63) is 35.5 Å². The molecule has 1 saturated carbocycles. The smallest absolute Gasteiger partial charge is 0.260 e. The number of carbonyl (C=O) groups is 1. The monoisotopic (exact) mass is 592 g/mol. The molecule has 0 radical (unpaired) electrons. The molecule has 1 aliphatic carbocycles. The van der Waals surface area contributed by atoms with Crippen LogP contribution >= 0.6 is 0 Å². The standard InChI is InChI=1S/C26H36N6O6S2/c1-25(2,3)40(37,38)32-11-6-18-17-27-24(28-22(18)32)29-23(34)20-5-4-19(30-39(35,36)15-14-33)16-21(20)31-12-9-26(7-8-26)10-13-31/h4-5,16-17,30,33H,6-15H2,1-3H3,(H,27,28,29,34). The largest absolute Gasteiger partial charge is 0.395 e. The molecule has 3 N–H and O–H groups in total. The molecule has 1 aromatic carbocycles. The first-order valence-corrected chi connectivity index (χ1v) is 16.5. The molecule has 3 heterocycles. The van der Waals surface area contributed by atoms with Crippen LogP contribution in [0.15, 0.2) is 24.4 Å². The maximum atomic E-state index is 13.5. The van der Waals surface area contributed by atoms with Gasteiger partial charge in [-0.25, -0.2) is 21.8 Å². The van der Waals surface area contributed by atoms with Gasteiger partial charge in [-0.2, -0.15) is 4.98 Å². The number of anilines is 4. The number of carbonyl (C=O) groups excluding carboxylic acids is 1. The minimum Gasteiger partial charge on any atom is -0.395 e. The highest BCUT2D eigenvalue weighted by atomic mass is 32.2. The van der Waals surface area contributed by atoms with Gasteiger partial charge < -0.3 is 10.0 Å². The topological polar surface area (TPSA) is 162 Å². The fourth-order valence-electron chi connectivity index (χ4n) is 5.21. The van der Waals surface area contributed by atoms with Crippen LogP contribution in [-0.4, -0.2) is 74.6 Å². The number of sulfonamides is 2. The molecule has 40 heavy (non-hydrogen) atoms. The Bertz CT molecular complexity index is 1520. The fourth-order valence-corrected chi connectivity index (χ4v) is 7.42. The van der Waals surface area contributed by atoms with Crippen LogP contribution in [-0.2, 0) is 26.5 Å². The number of piperidine rings is 1. The van der Waals surface area contributed by atoms with Crippen LogP contribution < -0.4 is 19.2 Å². The predicted octanol–water partition coefficient (Wildman–Crippen LogP) is 2.33. The Kier molecular flexibility index (Phi) is 7.24. The molecular weight excluding hydrogens is 556 g/mol. The molecule has 2 aromatic rings. The Morgan fingerprint density at radius 3 is 2.40 bits per heavy atom. The number of benzene rings is 1. The number of amides is 1. The van der Waals surface area contributed by atoms with Crippen LogP contribution in [0.3, 0.4) is 0 Å². The van der Waals surface area contributed by atoms with Crippen LogP contribution in [0, 0.1) is 5.41 Å². The average molecular weight is 593 g/mol. The van der Waals surface area contributed by atoms with E-state index in [1.165, 1.54) is 29.4 Å². The van der Waals surface area contributed by atoms with Crippen molar-refractivity contribution in [1.29, 1.82) is 0 Å². The number of nitrogens with one attached hydrogen (secondary N) is 2. The minimum atomic E-state index is -3.75. The molecule has 0 atom stereocenters. The zero-order valence-corrected chi connectivity index (χ0v) is 24.6. The summed E-state index contributed by atoms with van der Waals surface area (Å²) in [6.45, 7) is 6.12. The Balaban J connectivity index is 1.43. The van der Waals surface area contributed by atoms with E-state index in [1.807, 2.05) is 0 Å². The van der Waals surface area contributed by atoms with E-state index in [4.69, 9.17) is 5.11 Å². The van der Waals surface area contributed by atoms with Crippen molar-refractivity contribution in [2.45, 2.75) is 57.6 Å². The van der Waals surface area contributed by atoms with E-state index in [0.717, 1.165) is 25.9 Å². The summed E-state index contributed by atoms with van der Waals surface area (Å²) in [7, 11) is -7.43. The second kappa shape index (κ2) is 10.1. The van der Waals surface area contributed by atoms with E-state index in [2.05, 4.69) is 24.9 Å². The zero-order chi connectivity index (χ0) is 28.9. The summed E-state index contributed by atoms with van der Waals surface area (Å²) in [5.41, 5.74) is 2.28. The lowest BCUT2D eigenvalue weighted by molar-refractivity contribution is 0.102. The van der Waals surface area contributed by atoms with E-state index >= 15 is 0 Å². The summed E-state index contributed by atoms with van der Waals surface area (Å²) in [4.78, 5) is 24.3. The van der Waals surface area contributed by atoms with Gasteiger partial charge in [0.2, 0.25) is 26.0 Å². The molecule has 14 heteroatoms. The SMILES string of the molecule is CC(C)(C)S(=O)(=O)N1CCc2cnc(NC(=O)c3ccc(NS(=O)(=O)CCO)cc3N3CCC4(CC3)CC4)nc21. The fraction of sp³-hybridized carbons (Fsp3) is 0.577. The molecule has 2 fully saturated rings. The molecule has 218 valence electrons. The van der Waals surface area contributed by atoms with Gasteiger partial charge >= 0.3 is 0 Å². The van der Waals surface area contributed by atoms with Gasteiger partial charge in [-0.3, -0.25) is 19.1 Å². The zero-order valence-electron chi connectivity index (χ0n) is 23.0. The highest BCUT2D eigenvalue weighted by Crippen LogP contribution is 2.54. The van der Waals surface area contributed by atoms with Crippen LogP contribution in [0.5, 0.6) is 0 Å². The van der Waals surface area contributed by atoms with Gasteiger partial charge in [-0.15, -0.1) is 0 Å². The molecular formula is C26H36N6O6S2. The quantitative estimate of drug-likeness (QED) is 0.418. The van der Waals surface area contributed by atoms with Gasteiger partial charge in [-0.05, 0) is 76.5 Å². The predicted molar refractivity (Wildman–Crippen MR) is 154 cm³/mol. The Hall–Kier alpha value is -2.97. The Morgan fingerprint density at radius 2 is 1.77 bits per heavy atom. The third-order valence-corrected chi connectivity index (χ3v) is 11.7. The van der Waals surface area contributed by atoms with Gasteiger partial charge in [0, 0.05) is 31.4 Å². The molecule has 1 aromatic heterocycles. The van der Waals surface area contributed by atoms with E-state index < -0.39 is 43.1 Å². The van der Waals surface area contributed by atoms with E-state index in [0.29, 0.717) is 34.3 Å². The Morgan fingerprint density at radius 1 is 1.07 bits per heavy atom. The van der Waals surface area contributed by atoms with Crippen LogP contribution in [0.2, 0.25) is 0 Å². The molecule has 1 amide bonds. The Labute approximate surface area is 235 Å². The second-order valence-corrected chi connectivity index (χ2v) is 16.3. The first-order valence-electron chi connectivity index (χ1n) is 13.4. The number of hydrogen-bond donors (Lipinski definition) is 3. The first kappa shape index (κ1) is 28.6. The van der Waals surface area contributed by atoms with Crippen molar-refractivity contribution in [3.63, 3.8) is 0 Å². The number of nitrogens with zero attached hydrogens (tertiary/aromatic N) is 4. The normalized spacial score (nSPS) is 18.5. The van der Waals surface area contributed by atoms with E-state index in [1.54, 1.807) is 32.9 Å². The second-order valence-electron chi connectivity index (χ2n) is 11.8. The van der Waals surface area contributed by atoms with Gasteiger partial charge in [0.05, 0.1) is 34.0 Å². The summed E-state index contributed by atoms with van der Waals surface area (Å²) in [6, 6.07) is 4.68. The van der Waals surface area contributed by atoms with Crippen molar-refractivity contribution in [3.8, 4) is 0 Å². The van der Waals surface area contributed by atoms with Gasteiger partial charge in [0.15, 0.2) is 5.82 Å². The number of aliphatic hydroxyl groups excluding tert-OH is 1. The van der Waals surface area contributed by atoms with Gasteiger partial charge in [0.1, 0.15) is 0 Å². The summed E-state index contributed by atoms with van der Waals surface area (Å²) < 4.78 is 53.5. The average Bonchev–Trinajstić information content (AvgIpc) is 3.48. The molecule has 0 unspecified atom stereocenters. The molecule has 1 spiro atoms. The minimum absolute atomic E-state index is 0.0194. The van der Waals surface area contributed by atoms with Crippen LogP contribution in [0.4, 0.5) is 23.1 Å². The maximum absolute atomic E-state index is 13.5. The lowest BCUT2D eigenvalue weighted by Crippen LogP contribution is -2.42. The highest BCUT2D eigenvalue weighted by Gasteiger charge is 2.45. The number of aliphatic hydroxyl groups is 1. The lowest BCUT2D eigenvalue weighted by atomic mass is 9.93. The van der Waals surface area contributed by atoms with Crippen molar-refractivity contribution < 1.29 is 26.7 Å². The highest BCUT2D eigenvalue weighted by molar-refractivity contribution is 7.94. The molecule has 5 rings (SSSR count). The summed E-state index contributed by atoms with van der Waals surface area (Å²) in [5, 5.41) is 11.8.